The molecule has 1 aromatic carbocycles. The first-order chi connectivity index (χ1) is 19.4. The Labute approximate surface area is 240 Å². The average Bonchev–Trinajstić information content (AvgIpc) is 3.52. The van der Waals surface area contributed by atoms with Crippen molar-refractivity contribution in [2.75, 3.05) is 38.0 Å². The highest BCUT2D eigenvalue weighted by atomic mass is 32.1. The zero-order valence-corrected chi connectivity index (χ0v) is 24.5. The van der Waals surface area contributed by atoms with Crippen LogP contribution in [0.5, 0.6) is 0 Å². The van der Waals surface area contributed by atoms with Crippen LogP contribution in [0.25, 0.3) is 26.4 Å². The van der Waals surface area contributed by atoms with Gasteiger partial charge in [0.1, 0.15) is 26.5 Å². The lowest BCUT2D eigenvalue weighted by molar-refractivity contribution is -0.193. The quantitative estimate of drug-likeness (QED) is 0.326. The van der Waals surface area contributed by atoms with E-state index < -0.39 is 0 Å². The number of hydrogen-bond acceptors (Lipinski definition) is 12. The van der Waals surface area contributed by atoms with E-state index in [2.05, 4.69) is 15.0 Å². The Morgan fingerprint density at radius 3 is 1.83 bits per heavy atom. The summed E-state index contributed by atoms with van der Waals surface area (Å²) in [6.45, 7) is 3.55. The van der Waals surface area contributed by atoms with Gasteiger partial charge in [0.25, 0.3) is 11.1 Å². The van der Waals surface area contributed by atoms with Crippen LogP contribution in [0, 0.1) is 19.7 Å². The molecule has 15 heteroatoms. The van der Waals surface area contributed by atoms with E-state index in [-0.39, 0.29) is 29.2 Å². The monoisotopic (exact) mass is 600 g/mol. The summed E-state index contributed by atoms with van der Waals surface area (Å²) < 4.78 is 14.7. The van der Waals surface area contributed by atoms with E-state index in [1.165, 1.54) is 34.8 Å². The molecule has 0 spiro atoms. The average molecular weight is 601 g/mol. The summed E-state index contributed by atoms with van der Waals surface area (Å²) in [5.74, 6) is -0.325. The zero-order chi connectivity index (χ0) is 30.9. The lowest BCUT2D eigenvalue weighted by Crippen LogP contribution is -2.20. The number of rotatable bonds is 3. The van der Waals surface area contributed by atoms with Crippen molar-refractivity contribution in [3.05, 3.63) is 74.0 Å². The van der Waals surface area contributed by atoms with Gasteiger partial charge in [0.2, 0.25) is 0 Å². The summed E-state index contributed by atoms with van der Waals surface area (Å²) in [6, 6.07) is 9.52. The van der Waals surface area contributed by atoms with E-state index in [1.54, 1.807) is 36.6 Å². The molecule has 0 aliphatic heterocycles. The number of H-pyrrole nitrogens is 1. The molecule has 1 N–H and O–H groups in total. The number of benzene rings is 1. The fourth-order valence-electron chi connectivity index (χ4n) is 3.29. The topological polar surface area (TPSA) is 155 Å². The molecule has 214 valence electrons. The van der Waals surface area contributed by atoms with Crippen LogP contribution in [0.1, 0.15) is 11.1 Å². The van der Waals surface area contributed by atoms with Crippen LogP contribution in [0.4, 0.5) is 14.7 Å². The SMILES string of the molecule is Cc1cc2nc(N(C)C)sc2[nH]c1=O.Cc1cc2nc(N(C)C)sc2n(-c2ccc(F)cc2)c1=O.O=C=O.O=C=O. The molecule has 0 bridgehead atoms. The standard InChI is InChI=1S/C15H14FN3OS.C9H11N3OS.2CO2/c1-9-8-12-14(21-15(17-12)18(2)3)19(13(9)20)11-6-4-10(16)5-7-11;1-5-4-6-8(11-7(5)13)14-9(10-6)12(2)3;2*2-1-3/h4-8H,1-3H3;4H,1-3H3,(H,11,13);;. The number of aromatic amines is 1. The molecule has 4 aromatic heterocycles. The first-order valence-corrected chi connectivity index (χ1v) is 13.1. The predicted molar refractivity (Wildman–Crippen MR) is 154 cm³/mol. The second-order valence-corrected chi connectivity index (χ2v) is 10.5. The summed E-state index contributed by atoms with van der Waals surface area (Å²) in [4.78, 5) is 73.5. The number of carbonyl (C=O) groups excluding carboxylic acids is 4. The van der Waals surface area contributed by atoms with Gasteiger partial charge in [-0.05, 0) is 50.2 Å². The molecule has 4 heterocycles. The van der Waals surface area contributed by atoms with Crippen molar-refractivity contribution in [2.45, 2.75) is 13.8 Å². The number of halogens is 1. The molecule has 41 heavy (non-hydrogen) atoms. The second-order valence-electron chi connectivity index (χ2n) is 8.58. The second kappa shape index (κ2) is 14.5. The summed E-state index contributed by atoms with van der Waals surface area (Å²) in [5, 5.41) is 1.73. The molecule has 0 radical (unpaired) electrons. The first-order valence-electron chi connectivity index (χ1n) is 11.5. The van der Waals surface area contributed by atoms with Crippen LogP contribution in [-0.2, 0) is 19.2 Å². The first kappa shape index (κ1) is 32.4. The summed E-state index contributed by atoms with van der Waals surface area (Å²) in [6.07, 6.45) is 0.500. The number of nitrogens with one attached hydrogen (secondary N) is 1. The van der Waals surface area contributed by atoms with Gasteiger partial charge in [0.05, 0.1) is 5.69 Å². The smallest absolute Gasteiger partial charge is 0.354 e. The van der Waals surface area contributed by atoms with Crippen molar-refractivity contribution in [1.82, 2.24) is 19.5 Å². The van der Waals surface area contributed by atoms with Crippen LogP contribution in [0.15, 0.2) is 46.0 Å². The minimum Gasteiger partial charge on any atom is -0.354 e. The molecule has 0 aliphatic rings. The van der Waals surface area contributed by atoms with Crippen LogP contribution >= 0.6 is 22.7 Å². The maximum absolute atomic E-state index is 13.1. The zero-order valence-electron chi connectivity index (χ0n) is 22.8. The molecule has 0 saturated carbocycles. The molecule has 12 nitrogen and oxygen atoms in total. The van der Waals surface area contributed by atoms with Crippen molar-refractivity contribution >= 4 is 65.9 Å². The number of aryl methyl sites for hydroxylation is 2. The molecular formula is C26H25FN6O6S2. The number of thiazole rings is 2. The van der Waals surface area contributed by atoms with Crippen LogP contribution in [0.3, 0.4) is 0 Å². The van der Waals surface area contributed by atoms with Gasteiger partial charge in [0.15, 0.2) is 10.3 Å². The molecule has 0 amide bonds. The lowest BCUT2D eigenvalue weighted by Gasteiger charge is -2.08. The van der Waals surface area contributed by atoms with Gasteiger partial charge >= 0.3 is 12.3 Å². The Bertz CT molecular complexity index is 1820. The lowest BCUT2D eigenvalue weighted by atomic mass is 10.2. The summed E-state index contributed by atoms with van der Waals surface area (Å²) in [7, 11) is 7.68. The van der Waals surface area contributed by atoms with Crippen molar-refractivity contribution in [3.63, 3.8) is 0 Å². The van der Waals surface area contributed by atoms with Crippen LogP contribution < -0.4 is 20.9 Å². The van der Waals surface area contributed by atoms with Crippen molar-refractivity contribution in [2.24, 2.45) is 0 Å². The third-order valence-corrected chi connectivity index (χ3v) is 7.53. The van der Waals surface area contributed by atoms with E-state index in [4.69, 9.17) is 19.2 Å². The highest BCUT2D eigenvalue weighted by Crippen LogP contribution is 2.29. The van der Waals surface area contributed by atoms with Gasteiger partial charge in [-0.25, -0.2) is 14.4 Å². The van der Waals surface area contributed by atoms with Gasteiger partial charge in [-0.15, -0.1) is 0 Å². The minimum absolute atomic E-state index is 0.0357. The van der Waals surface area contributed by atoms with E-state index in [9.17, 15) is 14.0 Å². The molecule has 5 rings (SSSR count). The number of nitrogens with zero attached hydrogens (tertiary/aromatic N) is 5. The maximum Gasteiger partial charge on any atom is 0.373 e. The van der Waals surface area contributed by atoms with E-state index in [0.29, 0.717) is 16.8 Å². The number of pyridine rings is 2. The Balaban J connectivity index is 0.000000254. The largest absolute Gasteiger partial charge is 0.373 e. The normalized spacial score (nSPS) is 9.73. The molecule has 5 aromatic rings. The Morgan fingerprint density at radius 2 is 1.29 bits per heavy atom. The Kier molecular flexibility index (Phi) is 11.5. The van der Waals surface area contributed by atoms with E-state index >= 15 is 0 Å². The summed E-state index contributed by atoms with van der Waals surface area (Å²) in [5.41, 5.74) is 3.44. The number of fused-ring (bicyclic) bond motifs is 2. The Hall–Kier alpha value is -4.81. The van der Waals surface area contributed by atoms with Crippen LogP contribution in [-0.4, -0.2) is 60.0 Å². The third kappa shape index (κ3) is 8.10. The van der Waals surface area contributed by atoms with Crippen molar-refractivity contribution < 1.29 is 23.6 Å². The molecule has 0 unspecified atom stereocenters. The highest BCUT2D eigenvalue weighted by Gasteiger charge is 2.14. The van der Waals surface area contributed by atoms with Crippen molar-refractivity contribution in [1.29, 1.82) is 0 Å². The van der Waals surface area contributed by atoms with Gasteiger partial charge < -0.3 is 14.8 Å². The fraction of sp³-hybridized carbons (Fsp3) is 0.231. The van der Waals surface area contributed by atoms with Gasteiger partial charge in [-0.1, -0.05) is 22.7 Å². The van der Waals surface area contributed by atoms with Gasteiger partial charge in [-0.3, -0.25) is 14.2 Å². The Morgan fingerprint density at radius 1 is 0.805 bits per heavy atom. The summed E-state index contributed by atoms with van der Waals surface area (Å²) >= 11 is 2.93. The molecular weight excluding hydrogens is 575 g/mol. The number of anilines is 2. The fourth-order valence-corrected chi connectivity index (χ4v) is 5.14. The third-order valence-electron chi connectivity index (χ3n) is 5.15. The van der Waals surface area contributed by atoms with Gasteiger partial charge in [0, 0.05) is 39.3 Å². The van der Waals surface area contributed by atoms with Crippen LogP contribution in [0.2, 0.25) is 0 Å². The molecule has 0 saturated heterocycles. The van der Waals surface area contributed by atoms with E-state index in [0.717, 1.165) is 31.0 Å². The number of hydrogen-bond donors (Lipinski definition) is 1. The predicted octanol–water partition coefficient (Wildman–Crippen LogP) is 3.15. The van der Waals surface area contributed by atoms with E-state index in [1.807, 2.05) is 44.1 Å². The maximum atomic E-state index is 13.1. The molecule has 0 atom stereocenters. The van der Waals surface area contributed by atoms with Gasteiger partial charge in [-0.2, -0.15) is 19.2 Å². The molecule has 0 aliphatic carbocycles. The molecule has 0 fully saturated rings. The number of aromatic nitrogens is 4. The highest BCUT2D eigenvalue weighted by molar-refractivity contribution is 7.22. The minimum atomic E-state index is -0.325. The van der Waals surface area contributed by atoms with Crippen molar-refractivity contribution in [3.8, 4) is 5.69 Å².